The number of para-hydroxylation sites is 1. The quantitative estimate of drug-likeness (QED) is 0.691. The molecule has 3 aromatic rings. The first kappa shape index (κ1) is 16.7. The molecule has 1 amide bonds. The molecule has 4 heteroatoms. The Morgan fingerprint density at radius 1 is 1.00 bits per heavy atom. The Hall–Kier alpha value is -3.14. The number of amides is 1. The maximum atomic E-state index is 12.7. The van der Waals surface area contributed by atoms with Crippen LogP contribution in [-0.2, 0) is 0 Å². The summed E-state index contributed by atoms with van der Waals surface area (Å²) in [5.74, 6) is 1.06. The minimum Gasteiger partial charge on any atom is -0.439 e. The van der Waals surface area contributed by atoms with E-state index in [4.69, 9.17) is 4.74 Å². The fourth-order valence-electron chi connectivity index (χ4n) is 2.66. The van der Waals surface area contributed by atoms with Crippen LogP contribution in [0.2, 0.25) is 0 Å². The maximum Gasteiger partial charge on any atom is 0.259 e. The molecule has 0 saturated heterocycles. The summed E-state index contributed by atoms with van der Waals surface area (Å²) in [6.45, 7) is 4.04. The third-order valence-corrected chi connectivity index (χ3v) is 3.97. The molecule has 0 saturated carbocycles. The van der Waals surface area contributed by atoms with E-state index in [-0.39, 0.29) is 5.91 Å². The number of ether oxygens (including phenoxy) is 1. The van der Waals surface area contributed by atoms with Gasteiger partial charge in [-0.2, -0.15) is 0 Å². The Kier molecular flexibility index (Phi) is 4.80. The monoisotopic (exact) mass is 332 g/mol. The van der Waals surface area contributed by atoms with Gasteiger partial charge in [-0.3, -0.25) is 4.79 Å². The highest BCUT2D eigenvalue weighted by atomic mass is 16.5. The molecule has 0 aliphatic rings. The van der Waals surface area contributed by atoms with Crippen LogP contribution in [-0.4, -0.2) is 17.9 Å². The van der Waals surface area contributed by atoms with E-state index in [1.54, 1.807) is 30.3 Å². The number of aromatic nitrogens is 1. The third-order valence-electron chi connectivity index (χ3n) is 3.97. The van der Waals surface area contributed by atoms with Gasteiger partial charge in [0.1, 0.15) is 5.75 Å². The zero-order chi connectivity index (χ0) is 17.8. The van der Waals surface area contributed by atoms with Gasteiger partial charge in [0.15, 0.2) is 0 Å². The smallest absolute Gasteiger partial charge is 0.259 e. The van der Waals surface area contributed by atoms with Crippen molar-refractivity contribution in [3.05, 3.63) is 83.6 Å². The SMILES string of the molecule is Cc1ccc(N(C)C(=O)c2ccc(Oc3ccccc3)nc2)c(C)c1. The minimum absolute atomic E-state index is 0.106. The highest BCUT2D eigenvalue weighted by molar-refractivity contribution is 6.05. The van der Waals surface area contributed by atoms with E-state index in [0.29, 0.717) is 17.2 Å². The lowest BCUT2D eigenvalue weighted by atomic mass is 10.1. The molecule has 25 heavy (non-hydrogen) atoms. The molecule has 0 radical (unpaired) electrons. The van der Waals surface area contributed by atoms with E-state index < -0.39 is 0 Å². The molecule has 0 bridgehead atoms. The highest BCUT2D eigenvalue weighted by Gasteiger charge is 2.16. The number of benzene rings is 2. The lowest BCUT2D eigenvalue weighted by Gasteiger charge is -2.20. The maximum absolute atomic E-state index is 12.7. The molecule has 0 aliphatic carbocycles. The van der Waals surface area contributed by atoms with E-state index in [2.05, 4.69) is 11.1 Å². The average Bonchev–Trinajstić information content (AvgIpc) is 2.62. The number of carbonyl (C=O) groups is 1. The number of pyridine rings is 1. The summed E-state index contributed by atoms with van der Waals surface area (Å²) in [5, 5.41) is 0. The molecular weight excluding hydrogens is 312 g/mol. The third kappa shape index (κ3) is 3.86. The van der Waals surface area contributed by atoms with Gasteiger partial charge in [0.2, 0.25) is 5.88 Å². The molecule has 3 rings (SSSR count). The number of hydrogen-bond acceptors (Lipinski definition) is 3. The predicted molar refractivity (Wildman–Crippen MR) is 99.4 cm³/mol. The zero-order valence-electron chi connectivity index (χ0n) is 14.6. The molecule has 126 valence electrons. The van der Waals surface area contributed by atoms with Gasteiger partial charge in [-0.1, -0.05) is 35.9 Å². The topological polar surface area (TPSA) is 42.4 Å². The van der Waals surface area contributed by atoms with E-state index in [1.807, 2.05) is 56.3 Å². The van der Waals surface area contributed by atoms with Gasteiger partial charge in [-0.05, 0) is 43.7 Å². The Morgan fingerprint density at radius 2 is 1.76 bits per heavy atom. The van der Waals surface area contributed by atoms with Crippen LogP contribution >= 0.6 is 0 Å². The minimum atomic E-state index is -0.106. The second-order valence-electron chi connectivity index (χ2n) is 5.95. The molecule has 0 N–H and O–H groups in total. The molecule has 1 aromatic heterocycles. The lowest BCUT2D eigenvalue weighted by Crippen LogP contribution is -2.27. The Labute approximate surface area is 147 Å². The van der Waals surface area contributed by atoms with Crippen LogP contribution in [0.5, 0.6) is 11.6 Å². The summed E-state index contributed by atoms with van der Waals surface area (Å²) in [4.78, 5) is 18.6. The van der Waals surface area contributed by atoms with Crippen molar-refractivity contribution in [2.75, 3.05) is 11.9 Å². The molecule has 0 spiro atoms. The van der Waals surface area contributed by atoms with Crippen LogP contribution in [0.25, 0.3) is 0 Å². The van der Waals surface area contributed by atoms with Crippen molar-refractivity contribution in [1.82, 2.24) is 4.98 Å². The van der Waals surface area contributed by atoms with Crippen LogP contribution in [0.4, 0.5) is 5.69 Å². The molecule has 1 heterocycles. The van der Waals surface area contributed by atoms with Crippen molar-refractivity contribution in [2.45, 2.75) is 13.8 Å². The number of anilines is 1. The largest absolute Gasteiger partial charge is 0.439 e. The summed E-state index contributed by atoms with van der Waals surface area (Å²) in [5.41, 5.74) is 3.64. The normalized spacial score (nSPS) is 10.4. The van der Waals surface area contributed by atoms with Crippen molar-refractivity contribution in [1.29, 1.82) is 0 Å². The van der Waals surface area contributed by atoms with Crippen LogP contribution in [0, 0.1) is 13.8 Å². The van der Waals surface area contributed by atoms with Gasteiger partial charge < -0.3 is 9.64 Å². The first-order chi connectivity index (χ1) is 12.0. The van der Waals surface area contributed by atoms with E-state index in [9.17, 15) is 4.79 Å². The predicted octanol–water partition coefficient (Wildman–Crippen LogP) is 4.77. The molecule has 0 aliphatic heterocycles. The molecule has 2 aromatic carbocycles. The summed E-state index contributed by atoms with van der Waals surface area (Å²) < 4.78 is 5.65. The summed E-state index contributed by atoms with van der Waals surface area (Å²) in [7, 11) is 1.77. The van der Waals surface area contributed by atoms with Gasteiger partial charge in [0.05, 0.1) is 5.56 Å². The van der Waals surface area contributed by atoms with Crippen LogP contribution in [0.15, 0.2) is 66.9 Å². The van der Waals surface area contributed by atoms with Gasteiger partial charge in [0.25, 0.3) is 5.91 Å². The fraction of sp³-hybridized carbons (Fsp3) is 0.143. The van der Waals surface area contributed by atoms with Crippen molar-refractivity contribution >= 4 is 11.6 Å². The van der Waals surface area contributed by atoms with Crippen LogP contribution < -0.4 is 9.64 Å². The first-order valence-corrected chi connectivity index (χ1v) is 8.09. The second kappa shape index (κ2) is 7.18. The van der Waals surface area contributed by atoms with Crippen molar-refractivity contribution in [3.63, 3.8) is 0 Å². The van der Waals surface area contributed by atoms with E-state index in [0.717, 1.165) is 11.3 Å². The zero-order valence-corrected chi connectivity index (χ0v) is 14.6. The summed E-state index contributed by atoms with van der Waals surface area (Å²) >= 11 is 0. The van der Waals surface area contributed by atoms with Crippen molar-refractivity contribution < 1.29 is 9.53 Å². The second-order valence-corrected chi connectivity index (χ2v) is 5.95. The fourth-order valence-corrected chi connectivity index (χ4v) is 2.66. The van der Waals surface area contributed by atoms with Crippen LogP contribution in [0.1, 0.15) is 21.5 Å². The lowest BCUT2D eigenvalue weighted by molar-refractivity contribution is 0.0992. The first-order valence-electron chi connectivity index (χ1n) is 8.09. The van der Waals surface area contributed by atoms with E-state index in [1.165, 1.54) is 5.56 Å². The number of carbonyl (C=O) groups excluding carboxylic acids is 1. The summed E-state index contributed by atoms with van der Waals surface area (Å²) in [6, 6.07) is 18.9. The van der Waals surface area contributed by atoms with Gasteiger partial charge in [0, 0.05) is 25.0 Å². The van der Waals surface area contributed by atoms with Crippen molar-refractivity contribution in [2.24, 2.45) is 0 Å². The standard InChI is InChI=1S/C21H20N2O2/c1-15-9-11-19(16(2)13-15)23(3)21(24)17-10-12-20(22-14-17)25-18-7-5-4-6-8-18/h4-14H,1-3H3. The molecule has 0 fully saturated rings. The molecule has 0 atom stereocenters. The highest BCUT2D eigenvalue weighted by Crippen LogP contribution is 2.23. The molecule has 4 nitrogen and oxygen atoms in total. The Bertz CT molecular complexity index is 874. The average molecular weight is 332 g/mol. The Balaban J connectivity index is 1.76. The van der Waals surface area contributed by atoms with Crippen molar-refractivity contribution in [3.8, 4) is 11.6 Å². The van der Waals surface area contributed by atoms with Gasteiger partial charge in [-0.25, -0.2) is 4.98 Å². The number of nitrogens with zero attached hydrogens (tertiary/aromatic N) is 2. The summed E-state index contributed by atoms with van der Waals surface area (Å²) in [6.07, 6.45) is 1.54. The molecule has 0 unspecified atom stereocenters. The number of aryl methyl sites for hydroxylation is 2. The number of rotatable bonds is 4. The van der Waals surface area contributed by atoms with Gasteiger partial charge in [-0.15, -0.1) is 0 Å². The van der Waals surface area contributed by atoms with Gasteiger partial charge >= 0.3 is 0 Å². The van der Waals surface area contributed by atoms with E-state index >= 15 is 0 Å². The Morgan fingerprint density at radius 3 is 2.40 bits per heavy atom. The molecular formula is C21H20N2O2. The van der Waals surface area contributed by atoms with Crippen LogP contribution in [0.3, 0.4) is 0 Å². The number of hydrogen-bond donors (Lipinski definition) is 0.